The molecule has 0 bridgehead atoms. The lowest BCUT2D eigenvalue weighted by molar-refractivity contribution is 0.475. The highest BCUT2D eigenvalue weighted by Gasteiger charge is 1.92. The van der Waals surface area contributed by atoms with Crippen molar-refractivity contribution in [2.45, 2.75) is 0 Å². The van der Waals surface area contributed by atoms with E-state index in [-0.39, 0.29) is 0 Å². The first-order chi connectivity index (χ1) is 11.7. The van der Waals surface area contributed by atoms with Crippen molar-refractivity contribution in [3.8, 4) is 11.5 Å². The first-order valence-corrected chi connectivity index (χ1v) is 7.58. The van der Waals surface area contributed by atoms with Gasteiger partial charge in [0.1, 0.15) is 11.5 Å². The van der Waals surface area contributed by atoms with Crippen molar-refractivity contribution < 1.29 is 10.2 Å². The molecule has 0 spiro atoms. The Morgan fingerprint density at radius 1 is 0.458 bits per heavy atom. The summed E-state index contributed by atoms with van der Waals surface area (Å²) in [5.74, 6) is 0.646. The quantitative estimate of drug-likeness (QED) is 0.397. The second-order valence-corrected chi connectivity index (χ2v) is 5.06. The fraction of sp³-hybridized carbons (Fsp3) is 0. The Labute approximate surface area is 141 Å². The minimum atomic E-state index is 0.323. The number of rotatable bonds is 0. The molecule has 0 fully saturated rings. The minimum absolute atomic E-state index is 0.323. The summed E-state index contributed by atoms with van der Waals surface area (Å²) in [5.41, 5.74) is 0. The number of phenolic OH excluding ortho intramolecular Hbond substituents is 2. The van der Waals surface area contributed by atoms with Crippen molar-refractivity contribution in [1.29, 1.82) is 0 Å². The van der Waals surface area contributed by atoms with Crippen LogP contribution in [0.15, 0.2) is 98.1 Å². The number of aromatic hydroxyl groups is 2. The molecule has 120 valence electrons. The van der Waals surface area contributed by atoms with E-state index in [1.54, 1.807) is 24.3 Å². The highest BCUT2D eigenvalue weighted by molar-refractivity contribution is 5.84. The molecule has 0 saturated carbocycles. The van der Waals surface area contributed by atoms with Crippen molar-refractivity contribution in [2.24, 2.45) is 0 Å². The molecule has 2 heteroatoms. The molecular weight excluding hydrogens is 296 g/mol. The molecular formula is C22H20O2. The van der Waals surface area contributed by atoms with Gasteiger partial charge in [-0.05, 0) is 45.8 Å². The van der Waals surface area contributed by atoms with Crippen LogP contribution in [0.1, 0.15) is 0 Å². The first kappa shape index (κ1) is 17.1. The fourth-order valence-electron chi connectivity index (χ4n) is 2.35. The molecule has 0 heterocycles. The third-order valence-electron chi connectivity index (χ3n) is 3.47. The summed E-state index contributed by atoms with van der Waals surface area (Å²) in [6.45, 7) is 6.00. The number of hydrogen-bond donors (Lipinski definition) is 2. The van der Waals surface area contributed by atoms with Crippen LogP contribution in [0.4, 0.5) is 0 Å². The summed E-state index contributed by atoms with van der Waals surface area (Å²) in [7, 11) is 0. The Kier molecular flexibility index (Phi) is 5.98. The van der Waals surface area contributed by atoms with E-state index in [4.69, 9.17) is 10.2 Å². The summed E-state index contributed by atoms with van der Waals surface area (Å²) < 4.78 is 0. The zero-order valence-electron chi connectivity index (χ0n) is 13.4. The molecule has 0 amide bonds. The van der Waals surface area contributed by atoms with Crippen LogP contribution < -0.4 is 0 Å². The van der Waals surface area contributed by atoms with Gasteiger partial charge in [-0.15, -0.1) is 13.2 Å². The van der Waals surface area contributed by atoms with E-state index >= 15 is 0 Å². The van der Waals surface area contributed by atoms with Gasteiger partial charge in [-0.1, -0.05) is 60.7 Å². The van der Waals surface area contributed by atoms with Gasteiger partial charge in [-0.25, -0.2) is 0 Å². The van der Waals surface area contributed by atoms with Gasteiger partial charge in [0.15, 0.2) is 0 Å². The largest absolute Gasteiger partial charge is 0.508 e. The number of phenols is 2. The second kappa shape index (κ2) is 8.39. The third-order valence-corrected chi connectivity index (χ3v) is 3.47. The molecule has 0 saturated heterocycles. The third kappa shape index (κ3) is 4.37. The molecule has 0 radical (unpaired) electrons. The van der Waals surface area contributed by atoms with Gasteiger partial charge in [0.2, 0.25) is 0 Å². The minimum Gasteiger partial charge on any atom is -0.508 e. The van der Waals surface area contributed by atoms with Gasteiger partial charge in [0.05, 0.1) is 0 Å². The van der Waals surface area contributed by atoms with Crippen LogP contribution in [0.5, 0.6) is 11.5 Å². The fourth-order valence-corrected chi connectivity index (χ4v) is 2.35. The molecule has 0 aliphatic heterocycles. The van der Waals surface area contributed by atoms with E-state index in [2.05, 4.69) is 13.2 Å². The van der Waals surface area contributed by atoms with Crippen LogP contribution >= 0.6 is 0 Å². The summed E-state index contributed by atoms with van der Waals surface area (Å²) in [4.78, 5) is 0. The van der Waals surface area contributed by atoms with Crippen LogP contribution in [0.2, 0.25) is 0 Å². The topological polar surface area (TPSA) is 40.5 Å². The molecule has 0 aromatic heterocycles. The smallest absolute Gasteiger partial charge is 0.116 e. The van der Waals surface area contributed by atoms with Crippen molar-refractivity contribution >= 4 is 21.5 Å². The van der Waals surface area contributed by atoms with Gasteiger partial charge in [-0.2, -0.15) is 0 Å². The van der Waals surface area contributed by atoms with E-state index in [9.17, 15) is 0 Å². The van der Waals surface area contributed by atoms with Gasteiger partial charge in [0, 0.05) is 0 Å². The van der Waals surface area contributed by atoms with Gasteiger partial charge < -0.3 is 10.2 Å². The predicted molar refractivity (Wildman–Crippen MR) is 102 cm³/mol. The van der Waals surface area contributed by atoms with Crippen molar-refractivity contribution in [3.63, 3.8) is 0 Å². The highest BCUT2D eigenvalue weighted by Crippen LogP contribution is 2.19. The Hall–Kier alpha value is -3.26. The maximum Gasteiger partial charge on any atom is 0.116 e. The maximum atomic E-state index is 9.13. The normalized spacial score (nSPS) is 9.50. The Bertz CT molecular complexity index is 852. The standard InChI is InChI=1S/2C10H8O.C2H4/c2*11-10-6-5-8-3-1-2-4-9(8)7-10;1-2/h2*1-7,11H;1-2H2. The molecule has 0 aliphatic carbocycles. The van der Waals surface area contributed by atoms with Crippen molar-refractivity contribution in [3.05, 3.63) is 98.1 Å². The maximum absolute atomic E-state index is 9.13. The van der Waals surface area contributed by atoms with Crippen LogP contribution in [0, 0.1) is 0 Å². The highest BCUT2D eigenvalue weighted by atomic mass is 16.3. The van der Waals surface area contributed by atoms with E-state index in [0.29, 0.717) is 11.5 Å². The number of benzene rings is 4. The van der Waals surface area contributed by atoms with Gasteiger partial charge >= 0.3 is 0 Å². The monoisotopic (exact) mass is 316 g/mol. The van der Waals surface area contributed by atoms with Crippen molar-refractivity contribution in [1.82, 2.24) is 0 Å². The number of hydrogen-bond acceptors (Lipinski definition) is 2. The zero-order valence-corrected chi connectivity index (χ0v) is 13.4. The average molecular weight is 316 g/mol. The molecule has 0 unspecified atom stereocenters. The lowest BCUT2D eigenvalue weighted by atomic mass is 10.1. The SMILES string of the molecule is C=C.Oc1ccc2ccccc2c1.Oc1ccc2ccccc2c1. The molecule has 2 N–H and O–H groups in total. The second-order valence-electron chi connectivity index (χ2n) is 5.06. The molecule has 4 aromatic rings. The molecule has 4 aromatic carbocycles. The van der Waals surface area contributed by atoms with Crippen LogP contribution in [0.3, 0.4) is 0 Å². The number of fused-ring (bicyclic) bond motifs is 2. The lowest BCUT2D eigenvalue weighted by Crippen LogP contribution is -1.69. The zero-order chi connectivity index (χ0) is 17.4. The van der Waals surface area contributed by atoms with Crippen LogP contribution in [-0.2, 0) is 0 Å². The molecule has 0 atom stereocenters. The van der Waals surface area contributed by atoms with E-state index in [0.717, 1.165) is 21.5 Å². The van der Waals surface area contributed by atoms with Gasteiger partial charge in [-0.3, -0.25) is 0 Å². The molecule has 24 heavy (non-hydrogen) atoms. The molecule has 2 nitrogen and oxygen atoms in total. The molecule has 0 aliphatic rings. The van der Waals surface area contributed by atoms with Crippen LogP contribution in [0.25, 0.3) is 21.5 Å². The average Bonchev–Trinajstić information content (AvgIpc) is 2.64. The molecule has 4 rings (SSSR count). The summed E-state index contributed by atoms with van der Waals surface area (Å²) in [6, 6.07) is 26.6. The summed E-state index contributed by atoms with van der Waals surface area (Å²) in [5, 5.41) is 22.7. The predicted octanol–water partition coefficient (Wildman–Crippen LogP) is 5.89. The Balaban J connectivity index is 0.000000158. The van der Waals surface area contributed by atoms with Crippen LogP contribution in [-0.4, -0.2) is 10.2 Å². The Morgan fingerprint density at radius 3 is 1.17 bits per heavy atom. The summed E-state index contributed by atoms with van der Waals surface area (Å²) >= 11 is 0. The van der Waals surface area contributed by atoms with E-state index in [1.807, 2.05) is 60.7 Å². The lowest BCUT2D eigenvalue weighted by Gasteiger charge is -1.96. The van der Waals surface area contributed by atoms with E-state index < -0.39 is 0 Å². The first-order valence-electron chi connectivity index (χ1n) is 7.58. The van der Waals surface area contributed by atoms with E-state index in [1.165, 1.54) is 0 Å². The van der Waals surface area contributed by atoms with Gasteiger partial charge in [0.25, 0.3) is 0 Å². The Morgan fingerprint density at radius 2 is 0.792 bits per heavy atom. The summed E-state index contributed by atoms with van der Waals surface area (Å²) in [6.07, 6.45) is 0. The van der Waals surface area contributed by atoms with Crippen molar-refractivity contribution in [2.75, 3.05) is 0 Å².